The van der Waals surface area contributed by atoms with Crippen LogP contribution < -0.4 is 0 Å². The average Bonchev–Trinajstić information content (AvgIpc) is 2.22. The van der Waals surface area contributed by atoms with E-state index in [0.29, 0.717) is 5.41 Å². The summed E-state index contributed by atoms with van der Waals surface area (Å²) in [6.07, 6.45) is 7.77. The van der Waals surface area contributed by atoms with Crippen LogP contribution in [-0.4, -0.2) is 13.1 Å². The van der Waals surface area contributed by atoms with E-state index in [-0.39, 0.29) is 11.4 Å². The number of hydrogen-bond donors (Lipinski definition) is 0. The molecule has 2 atom stereocenters. The van der Waals surface area contributed by atoms with Gasteiger partial charge in [0.2, 0.25) is 0 Å². The van der Waals surface area contributed by atoms with Crippen LogP contribution in [-0.2, 0) is 9.53 Å². The van der Waals surface area contributed by atoms with Gasteiger partial charge in [0, 0.05) is 11.3 Å². The van der Waals surface area contributed by atoms with Crippen molar-refractivity contribution in [1.29, 1.82) is 0 Å². The Kier molecular flexibility index (Phi) is 2.30. The summed E-state index contributed by atoms with van der Waals surface area (Å²) >= 11 is 0. The van der Waals surface area contributed by atoms with E-state index >= 15 is 0 Å². The Bertz CT molecular complexity index is 398. The molecule has 2 nitrogen and oxygen atoms in total. The van der Waals surface area contributed by atoms with Crippen molar-refractivity contribution in [2.24, 2.45) is 22.7 Å². The van der Waals surface area contributed by atoms with E-state index in [1.54, 1.807) is 0 Å². The highest BCUT2D eigenvalue weighted by atomic mass is 16.5. The van der Waals surface area contributed by atoms with Gasteiger partial charge in [-0.25, -0.2) is 4.79 Å². The molecule has 0 N–H and O–H groups in total. The van der Waals surface area contributed by atoms with Gasteiger partial charge in [-0.2, -0.15) is 0 Å². The lowest BCUT2D eigenvalue weighted by atomic mass is 9.45. The summed E-state index contributed by atoms with van der Waals surface area (Å²) in [5.74, 6) is 7.30. The molecule has 17 heavy (non-hydrogen) atoms. The summed E-state index contributed by atoms with van der Waals surface area (Å²) in [5, 5.41) is 0. The summed E-state index contributed by atoms with van der Waals surface area (Å²) in [6, 6.07) is 0. The first-order valence-electron chi connectivity index (χ1n) is 6.64. The number of methoxy groups -OCH3 is 1. The average molecular weight is 232 g/mol. The topological polar surface area (TPSA) is 26.3 Å². The van der Waals surface area contributed by atoms with Gasteiger partial charge in [-0.15, -0.1) is 0 Å². The zero-order chi connectivity index (χ0) is 12.1. The minimum atomic E-state index is -0.383. The van der Waals surface area contributed by atoms with Crippen LogP contribution in [0.3, 0.4) is 0 Å². The largest absolute Gasteiger partial charge is 0.459 e. The maximum atomic E-state index is 11.2. The Morgan fingerprint density at radius 3 is 2.41 bits per heavy atom. The molecule has 92 valence electrons. The smallest absolute Gasteiger partial charge is 0.384 e. The molecule has 0 spiro atoms. The number of carbonyl (C=O) groups is 1. The third-order valence-corrected chi connectivity index (χ3v) is 4.97. The molecule has 4 bridgehead atoms. The van der Waals surface area contributed by atoms with Crippen molar-refractivity contribution < 1.29 is 9.53 Å². The first-order chi connectivity index (χ1) is 8.03. The first kappa shape index (κ1) is 11.1. The second-order valence-corrected chi connectivity index (χ2v) is 6.79. The van der Waals surface area contributed by atoms with Gasteiger partial charge in [0.15, 0.2) is 0 Å². The third-order valence-electron chi connectivity index (χ3n) is 4.97. The lowest BCUT2D eigenvalue weighted by Crippen LogP contribution is -2.50. The van der Waals surface area contributed by atoms with Crippen LogP contribution in [0.1, 0.15) is 45.4 Å². The van der Waals surface area contributed by atoms with Gasteiger partial charge in [0.1, 0.15) is 0 Å². The molecule has 0 radical (unpaired) electrons. The molecule has 4 saturated carbocycles. The molecule has 2 unspecified atom stereocenters. The van der Waals surface area contributed by atoms with Crippen molar-refractivity contribution in [1.82, 2.24) is 0 Å². The van der Waals surface area contributed by atoms with E-state index < -0.39 is 0 Å². The predicted molar refractivity (Wildman–Crippen MR) is 65.0 cm³/mol. The molecular formula is C15H20O2. The fourth-order valence-electron chi connectivity index (χ4n) is 5.10. The lowest BCUT2D eigenvalue weighted by molar-refractivity contribution is -0.133. The summed E-state index contributed by atoms with van der Waals surface area (Å²) in [7, 11) is 1.40. The lowest BCUT2D eigenvalue weighted by Gasteiger charge is -2.59. The fraction of sp³-hybridized carbons (Fsp3) is 0.800. The van der Waals surface area contributed by atoms with Gasteiger partial charge in [0.25, 0.3) is 0 Å². The van der Waals surface area contributed by atoms with E-state index in [0.717, 1.165) is 11.8 Å². The van der Waals surface area contributed by atoms with Gasteiger partial charge in [-0.1, -0.05) is 12.8 Å². The Balaban J connectivity index is 1.87. The van der Waals surface area contributed by atoms with Crippen LogP contribution >= 0.6 is 0 Å². The second-order valence-electron chi connectivity index (χ2n) is 6.79. The van der Waals surface area contributed by atoms with Crippen molar-refractivity contribution in [2.75, 3.05) is 7.11 Å². The number of hydrogen-bond acceptors (Lipinski definition) is 2. The van der Waals surface area contributed by atoms with Gasteiger partial charge in [-0.3, -0.25) is 0 Å². The Hall–Kier alpha value is -0.970. The zero-order valence-electron chi connectivity index (χ0n) is 10.7. The fourth-order valence-corrected chi connectivity index (χ4v) is 5.10. The maximum Gasteiger partial charge on any atom is 0.384 e. The zero-order valence-corrected chi connectivity index (χ0v) is 10.7. The molecule has 4 fully saturated rings. The molecule has 0 aromatic heterocycles. The Morgan fingerprint density at radius 2 is 1.88 bits per heavy atom. The van der Waals surface area contributed by atoms with E-state index in [1.165, 1.54) is 45.6 Å². The maximum absolute atomic E-state index is 11.2. The Labute approximate surface area is 103 Å². The van der Waals surface area contributed by atoms with Gasteiger partial charge >= 0.3 is 5.97 Å². The van der Waals surface area contributed by atoms with E-state index in [2.05, 4.69) is 23.5 Å². The SMILES string of the molecule is COC(=O)C#CC12CC3CC(CC(C)(C3)C1)C2. The van der Waals surface area contributed by atoms with Gasteiger partial charge in [-0.05, 0) is 55.8 Å². The van der Waals surface area contributed by atoms with E-state index in [4.69, 9.17) is 0 Å². The summed E-state index contributed by atoms with van der Waals surface area (Å²) in [6.45, 7) is 2.42. The molecule has 0 amide bonds. The summed E-state index contributed by atoms with van der Waals surface area (Å²) in [5.41, 5.74) is 0.627. The highest BCUT2D eigenvalue weighted by Crippen LogP contribution is 2.64. The summed E-state index contributed by atoms with van der Waals surface area (Å²) in [4.78, 5) is 11.2. The van der Waals surface area contributed by atoms with Crippen molar-refractivity contribution in [3.05, 3.63) is 0 Å². The molecule has 4 aliphatic rings. The second kappa shape index (κ2) is 3.51. The molecule has 0 aromatic rings. The molecule has 2 heteroatoms. The number of ether oxygens (including phenoxy) is 1. The molecule has 0 saturated heterocycles. The highest BCUT2D eigenvalue weighted by molar-refractivity contribution is 5.88. The van der Waals surface area contributed by atoms with Crippen molar-refractivity contribution in [3.63, 3.8) is 0 Å². The molecule has 0 aliphatic heterocycles. The highest BCUT2D eigenvalue weighted by Gasteiger charge is 2.55. The molecule has 4 rings (SSSR count). The standard InChI is InChI=1S/C15H20O2/c1-14-6-11-5-12(7-14)9-15(8-11,10-14)4-3-13(16)17-2/h11-12H,5-10H2,1-2H3. The van der Waals surface area contributed by atoms with Crippen molar-refractivity contribution >= 4 is 5.97 Å². The van der Waals surface area contributed by atoms with Crippen molar-refractivity contribution in [3.8, 4) is 11.8 Å². The van der Waals surface area contributed by atoms with Crippen LogP contribution in [0.15, 0.2) is 0 Å². The monoisotopic (exact) mass is 232 g/mol. The molecule has 4 aliphatic carbocycles. The van der Waals surface area contributed by atoms with Crippen LogP contribution in [0.25, 0.3) is 0 Å². The Morgan fingerprint density at radius 1 is 1.24 bits per heavy atom. The van der Waals surface area contributed by atoms with E-state index in [9.17, 15) is 4.79 Å². The first-order valence-corrected chi connectivity index (χ1v) is 6.64. The number of rotatable bonds is 0. The number of esters is 1. The minimum absolute atomic E-state index is 0.132. The normalized spacial score (nSPS) is 46.2. The van der Waals surface area contributed by atoms with Gasteiger partial charge in [0.05, 0.1) is 7.11 Å². The third kappa shape index (κ3) is 1.86. The van der Waals surface area contributed by atoms with Crippen LogP contribution in [0.2, 0.25) is 0 Å². The van der Waals surface area contributed by atoms with Crippen molar-refractivity contribution in [2.45, 2.75) is 45.4 Å². The minimum Gasteiger partial charge on any atom is -0.459 e. The number of carbonyl (C=O) groups excluding carboxylic acids is 1. The van der Waals surface area contributed by atoms with Crippen LogP contribution in [0.4, 0.5) is 0 Å². The summed E-state index contributed by atoms with van der Waals surface area (Å²) < 4.78 is 4.63. The molecule has 0 aromatic carbocycles. The quantitative estimate of drug-likeness (QED) is 0.365. The van der Waals surface area contributed by atoms with E-state index in [1.807, 2.05) is 0 Å². The van der Waals surface area contributed by atoms with Gasteiger partial charge < -0.3 is 4.74 Å². The molecule has 0 heterocycles. The van der Waals surface area contributed by atoms with Crippen LogP contribution in [0, 0.1) is 34.5 Å². The predicted octanol–water partition coefficient (Wildman–Crippen LogP) is 2.77. The van der Waals surface area contributed by atoms with Crippen LogP contribution in [0.5, 0.6) is 0 Å². The molecular weight excluding hydrogens is 212 g/mol.